The van der Waals surface area contributed by atoms with Crippen LogP contribution in [0.4, 0.5) is 8.78 Å². The minimum absolute atomic E-state index is 0.0477. The lowest BCUT2D eigenvalue weighted by molar-refractivity contribution is 0.583. The number of imidazole rings is 1. The number of fused-ring (bicyclic) bond motifs is 1. The molecular weight excluding hydrogens is 342 g/mol. The van der Waals surface area contributed by atoms with Crippen LogP contribution in [-0.4, -0.2) is 14.4 Å². The zero-order chi connectivity index (χ0) is 15.0. The zero-order valence-electron chi connectivity index (χ0n) is 10.5. The second-order valence-electron chi connectivity index (χ2n) is 4.38. The van der Waals surface area contributed by atoms with Crippen LogP contribution in [-0.2, 0) is 6.42 Å². The van der Waals surface area contributed by atoms with E-state index in [1.807, 2.05) is 6.07 Å². The van der Waals surface area contributed by atoms with Crippen molar-refractivity contribution in [2.75, 3.05) is 0 Å². The Bertz CT molecular complexity index is 883. The molecule has 0 aliphatic carbocycles. The summed E-state index contributed by atoms with van der Waals surface area (Å²) in [6.45, 7) is 0. The van der Waals surface area contributed by atoms with E-state index in [-0.39, 0.29) is 22.2 Å². The maximum atomic E-state index is 13.9. The summed E-state index contributed by atoms with van der Waals surface area (Å²) in [4.78, 5) is 8.26. The molecule has 0 saturated heterocycles. The third kappa shape index (κ3) is 2.50. The van der Waals surface area contributed by atoms with E-state index in [0.29, 0.717) is 11.3 Å². The van der Waals surface area contributed by atoms with Crippen LogP contribution in [0.3, 0.4) is 0 Å². The summed E-state index contributed by atoms with van der Waals surface area (Å²) in [6, 6.07) is 4.12. The lowest BCUT2D eigenvalue weighted by Gasteiger charge is -2.06. The van der Waals surface area contributed by atoms with Gasteiger partial charge in [0.2, 0.25) is 0 Å². The van der Waals surface area contributed by atoms with E-state index in [0.717, 1.165) is 12.1 Å². The summed E-state index contributed by atoms with van der Waals surface area (Å²) >= 11 is 2.93. The fourth-order valence-electron chi connectivity index (χ4n) is 2.05. The fraction of sp³-hybridized carbons (Fsp3) is 0.0714. The number of nitrogens with zero attached hydrogens (tertiary/aromatic N) is 4. The van der Waals surface area contributed by atoms with Gasteiger partial charge in [-0.1, -0.05) is 0 Å². The van der Waals surface area contributed by atoms with E-state index in [9.17, 15) is 8.78 Å². The number of aromatic nitrogens is 3. The van der Waals surface area contributed by atoms with Gasteiger partial charge in [0.05, 0.1) is 10.2 Å². The number of rotatable bonds is 2. The summed E-state index contributed by atoms with van der Waals surface area (Å²) < 4.78 is 29.2. The van der Waals surface area contributed by atoms with Crippen molar-refractivity contribution in [1.82, 2.24) is 14.4 Å². The second kappa shape index (κ2) is 5.22. The molecule has 0 bridgehead atoms. The molecule has 0 aliphatic rings. The van der Waals surface area contributed by atoms with Gasteiger partial charge in [0.15, 0.2) is 11.3 Å². The van der Waals surface area contributed by atoms with Gasteiger partial charge in [0, 0.05) is 25.0 Å². The van der Waals surface area contributed by atoms with Crippen LogP contribution in [0.5, 0.6) is 0 Å². The van der Waals surface area contributed by atoms with Crippen molar-refractivity contribution in [2.24, 2.45) is 0 Å². The highest BCUT2D eigenvalue weighted by molar-refractivity contribution is 9.10. The molecule has 1 aromatic carbocycles. The third-order valence-electron chi connectivity index (χ3n) is 3.01. The lowest BCUT2D eigenvalue weighted by Crippen LogP contribution is -2.03. The molecule has 0 spiro atoms. The maximum absolute atomic E-state index is 13.9. The number of halogens is 3. The van der Waals surface area contributed by atoms with Gasteiger partial charge in [-0.3, -0.25) is 0 Å². The number of benzene rings is 1. The molecule has 0 unspecified atom stereocenters. The minimum Gasteiger partial charge on any atom is -0.303 e. The van der Waals surface area contributed by atoms with Gasteiger partial charge in [-0.25, -0.2) is 18.7 Å². The van der Waals surface area contributed by atoms with Crippen molar-refractivity contribution < 1.29 is 8.78 Å². The number of hydrogen-bond donors (Lipinski definition) is 0. The Morgan fingerprint density at radius 1 is 1.29 bits per heavy atom. The molecule has 3 aromatic rings. The number of hydrogen-bond acceptors (Lipinski definition) is 3. The highest BCUT2D eigenvalue weighted by atomic mass is 79.9. The van der Waals surface area contributed by atoms with E-state index in [1.54, 1.807) is 16.8 Å². The van der Waals surface area contributed by atoms with Crippen molar-refractivity contribution in [3.05, 3.63) is 63.8 Å². The van der Waals surface area contributed by atoms with Crippen LogP contribution in [0.25, 0.3) is 5.65 Å². The summed E-state index contributed by atoms with van der Waals surface area (Å²) in [6.07, 6.45) is 4.80. The van der Waals surface area contributed by atoms with Crippen LogP contribution < -0.4 is 0 Å². The lowest BCUT2D eigenvalue weighted by atomic mass is 10.1. The molecule has 0 saturated carbocycles. The van der Waals surface area contributed by atoms with Crippen LogP contribution in [0, 0.1) is 23.0 Å². The average Bonchev–Trinajstić information content (AvgIpc) is 2.93. The first-order valence-electron chi connectivity index (χ1n) is 5.94. The quantitative estimate of drug-likeness (QED) is 0.668. The van der Waals surface area contributed by atoms with E-state index >= 15 is 0 Å². The predicted octanol–water partition coefficient (Wildman–Crippen LogP) is 3.23. The zero-order valence-corrected chi connectivity index (χ0v) is 12.1. The Morgan fingerprint density at radius 2 is 2.10 bits per heavy atom. The predicted molar refractivity (Wildman–Crippen MR) is 74.6 cm³/mol. The van der Waals surface area contributed by atoms with Gasteiger partial charge >= 0.3 is 0 Å². The molecule has 0 fully saturated rings. The van der Waals surface area contributed by atoms with Gasteiger partial charge in [0.25, 0.3) is 0 Å². The van der Waals surface area contributed by atoms with Gasteiger partial charge in [0.1, 0.15) is 17.7 Å². The first-order valence-corrected chi connectivity index (χ1v) is 6.74. The molecule has 21 heavy (non-hydrogen) atoms. The Hall–Kier alpha value is -2.33. The molecule has 0 amide bonds. The molecule has 0 radical (unpaired) electrons. The van der Waals surface area contributed by atoms with Crippen molar-refractivity contribution in [3.63, 3.8) is 0 Å². The third-order valence-corrected chi connectivity index (χ3v) is 3.61. The molecule has 104 valence electrons. The molecular formula is C14H7BrF2N4. The van der Waals surface area contributed by atoms with Crippen molar-refractivity contribution in [2.45, 2.75) is 6.42 Å². The van der Waals surface area contributed by atoms with Gasteiger partial charge in [-0.15, -0.1) is 0 Å². The summed E-state index contributed by atoms with van der Waals surface area (Å²) in [7, 11) is 0. The van der Waals surface area contributed by atoms with E-state index in [1.165, 1.54) is 6.20 Å². The summed E-state index contributed by atoms with van der Waals surface area (Å²) in [5.74, 6) is -1.10. The molecule has 3 rings (SSSR count). The summed E-state index contributed by atoms with van der Waals surface area (Å²) in [5.41, 5.74) is 1.27. The van der Waals surface area contributed by atoms with Gasteiger partial charge < -0.3 is 4.40 Å². The second-order valence-corrected chi connectivity index (χ2v) is 5.23. The molecule has 7 heteroatoms. The average molecular weight is 349 g/mol. The monoisotopic (exact) mass is 348 g/mol. The molecule has 2 heterocycles. The molecule has 4 nitrogen and oxygen atoms in total. The highest BCUT2D eigenvalue weighted by Crippen LogP contribution is 2.22. The van der Waals surface area contributed by atoms with Crippen LogP contribution >= 0.6 is 15.9 Å². The van der Waals surface area contributed by atoms with Crippen molar-refractivity contribution in [3.8, 4) is 6.07 Å². The molecule has 2 aromatic heterocycles. The SMILES string of the molecule is N#Cc1cn2ccnc2c(Cc2cc(F)c(Br)cc2F)n1. The van der Waals surface area contributed by atoms with E-state index in [4.69, 9.17) is 5.26 Å². The Morgan fingerprint density at radius 3 is 2.86 bits per heavy atom. The Kier molecular flexibility index (Phi) is 3.39. The largest absolute Gasteiger partial charge is 0.303 e. The molecule has 0 N–H and O–H groups in total. The highest BCUT2D eigenvalue weighted by Gasteiger charge is 2.13. The van der Waals surface area contributed by atoms with Gasteiger partial charge in [-0.05, 0) is 33.6 Å². The van der Waals surface area contributed by atoms with Crippen LogP contribution in [0.15, 0.2) is 35.2 Å². The Labute approximate surface area is 126 Å². The van der Waals surface area contributed by atoms with Gasteiger partial charge in [-0.2, -0.15) is 5.26 Å². The Balaban J connectivity index is 2.12. The molecule has 0 atom stereocenters. The normalized spacial score (nSPS) is 10.8. The number of nitriles is 1. The van der Waals surface area contributed by atoms with Crippen molar-refractivity contribution >= 4 is 21.6 Å². The first kappa shape index (κ1) is 13.6. The summed E-state index contributed by atoms with van der Waals surface area (Å²) in [5, 5.41) is 8.97. The maximum Gasteiger partial charge on any atom is 0.158 e. The standard InChI is InChI=1S/C14H7BrF2N4/c15-10-5-11(16)8(3-12(10)17)4-13-14-19-1-2-21(14)7-9(6-18)20-13/h1-3,5,7H,4H2. The van der Waals surface area contributed by atoms with E-state index in [2.05, 4.69) is 25.9 Å². The van der Waals surface area contributed by atoms with Crippen molar-refractivity contribution in [1.29, 1.82) is 5.26 Å². The van der Waals surface area contributed by atoms with Crippen LogP contribution in [0.1, 0.15) is 17.0 Å². The smallest absolute Gasteiger partial charge is 0.158 e. The topological polar surface area (TPSA) is 54.0 Å². The first-order chi connectivity index (χ1) is 10.1. The van der Waals surface area contributed by atoms with E-state index < -0.39 is 11.6 Å². The fourth-order valence-corrected chi connectivity index (χ4v) is 2.36. The minimum atomic E-state index is -0.554. The van der Waals surface area contributed by atoms with Crippen LogP contribution in [0.2, 0.25) is 0 Å². The molecule has 0 aliphatic heterocycles.